The van der Waals surface area contributed by atoms with E-state index in [0.29, 0.717) is 18.7 Å². The van der Waals surface area contributed by atoms with Gasteiger partial charge in [-0.25, -0.2) is 0 Å². The van der Waals surface area contributed by atoms with Crippen molar-refractivity contribution < 1.29 is 5.11 Å². The highest BCUT2D eigenvalue weighted by atomic mass is 16.3. The zero-order chi connectivity index (χ0) is 8.39. The Kier molecular flexibility index (Phi) is 2.63. The minimum atomic E-state index is 0.344. The molecule has 3 nitrogen and oxygen atoms in total. The normalized spacial score (nSPS) is 37.8. The van der Waals surface area contributed by atoms with Crippen molar-refractivity contribution in [2.24, 2.45) is 0 Å². The Balaban J connectivity index is 1.99. The highest BCUT2D eigenvalue weighted by molar-refractivity contribution is 4.88. The summed E-state index contributed by atoms with van der Waals surface area (Å²) >= 11 is 0. The predicted octanol–water partition coefficient (Wildman–Crippen LogP) is -0.195. The van der Waals surface area contributed by atoms with Crippen molar-refractivity contribution in [3.8, 4) is 0 Å². The second kappa shape index (κ2) is 3.73. The minimum Gasteiger partial charge on any atom is -0.395 e. The second-order valence-corrected chi connectivity index (χ2v) is 3.86. The molecule has 70 valence electrons. The van der Waals surface area contributed by atoms with Gasteiger partial charge < -0.3 is 10.4 Å². The molecule has 0 unspecified atom stereocenters. The van der Waals surface area contributed by atoms with E-state index in [1.807, 2.05) is 0 Å². The van der Waals surface area contributed by atoms with Crippen molar-refractivity contribution in [3.05, 3.63) is 0 Å². The maximum Gasteiger partial charge on any atom is 0.0587 e. The van der Waals surface area contributed by atoms with Crippen molar-refractivity contribution in [2.45, 2.75) is 31.3 Å². The molecule has 0 aromatic carbocycles. The smallest absolute Gasteiger partial charge is 0.0587 e. The molecule has 2 saturated heterocycles. The molecule has 2 atom stereocenters. The van der Waals surface area contributed by atoms with Crippen LogP contribution in [-0.2, 0) is 0 Å². The van der Waals surface area contributed by atoms with Crippen LogP contribution < -0.4 is 5.32 Å². The molecule has 2 rings (SSSR count). The van der Waals surface area contributed by atoms with Gasteiger partial charge in [-0.15, -0.1) is 0 Å². The van der Waals surface area contributed by atoms with E-state index in [1.165, 1.54) is 19.3 Å². The average molecular weight is 170 g/mol. The number of fused-ring (bicyclic) bond motifs is 1. The third-order valence-electron chi connectivity index (χ3n) is 3.15. The van der Waals surface area contributed by atoms with E-state index in [4.69, 9.17) is 5.11 Å². The van der Waals surface area contributed by atoms with Crippen LogP contribution in [0.1, 0.15) is 19.3 Å². The van der Waals surface area contributed by atoms with Gasteiger partial charge in [-0.1, -0.05) is 6.42 Å². The Morgan fingerprint density at radius 2 is 2.33 bits per heavy atom. The van der Waals surface area contributed by atoms with Crippen LogP contribution >= 0.6 is 0 Å². The molecule has 0 spiro atoms. The number of nitrogens with one attached hydrogen (secondary N) is 1. The molecule has 2 aliphatic rings. The minimum absolute atomic E-state index is 0.344. The Labute approximate surface area is 73.8 Å². The summed E-state index contributed by atoms with van der Waals surface area (Å²) in [5.41, 5.74) is 0. The van der Waals surface area contributed by atoms with E-state index in [-0.39, 0.29) is 0 Å². The first-order valence-electron chi connectivity index (χ1n) is 4.99. The topological polar surface area (TPSA) is 35.5 Å². The summed E-state index contributed by atoms with van der Waals surface area (Å²) in [6.07, 6.45) is 3.78. The molecule has 2 N–H and O–H groups in total. The highest BCUT2D eigenvalue weighted by Crippen LogP contribution is 2.23. The summed E-state index contributed by atoms with van der Waals surface area (Å²) in [7, 11) is 0. The molecule has 2 fully saturated rings. The van der Waals surface area contributed by atoms with Crippen LogP contribution in [0.15, 0.2) is 0 Å². The third-order valence-corrected chi connectivity index (χ3v) is 3.15. The number of hydrogen-bond acceptors (Lipinski definition) is 3. The number of piperidine rings is 1. The number of piperazine rings is 1. The summed E-state index contributed by atoms with van der Waals surface area (Å²) in [4.78, 5) is 2.49. The molecule has 0 amide bonds. The van der Waals surface area contributed by atoms with E-state index in [1.54, 1.807) is 0 Å². The standard InChI is InChI=1S/C9H18N2O/c12-7-9-3-1-2-8-6-10-4-5-11(8)9/h8-10,12H,1-7H2/t8-,9-/m0/s1. The van der Waals surface area contributed by atoms with Crippen molar-refractivity contribution in [1.29, 1.82) is 0 Å². The first kappa shape index (κ1) is 8.48. The predicted molar refractivity (Wildman–Crippen MR) is 48.1 cm³/mol. The zero-order valence-electron chi connectivity index (χ0n) is 7.50. The Morgan fingerprint density at radius 1 is 1.42 bits per heavy atom. The van der Waals surface area contributed by atoms with Crippen LogP contribution in [0, 0.1) is 0 Å². The van der Waals surface area contributed by atoms with E-state index < -0.39 is 0 Å². The monoisotopic (exact) mass is 170 g/mol. The van der Waals surface area contributed by atoms with Crippen molar-refractivity contribution in [3.63, 3.8) is 0 Å². The molecule has 12 heavy (non-hydrogen) atoms. The van der Waals surface area contributed by atoms with Crippen molar-refractivity contribution in [1.82, 2.24) is 10.2 Å². The van der Waals surface area contributed by atoms with Crippen LogP contribution in [0.3, 0.4) is 0 Å². The zero-order valence-corrected chi connectivity index (χ0v) is 7.50. The van der Waals surface area contributed by atoms with Crippen LogP contribution in [0.5, 0.6) is 0 Å². The molecule has 0 aromatic heterocycles. The van der Waals surface area contributed by atoms with Crippen molar-refractivity contribution in [2.75, 3.05) is 26.2 Å². The van der Waals surface area contributed by atoms with Gasteiger partial charge in [-0.05, 0) is 12.8 Å². The van der Waals surface area contributed by atoms with E-state index in [0.717, 1.165) is 19.6 Å². The Hall–Kier alpha value is -0.120. The van der Waals surface area contributed by atoms with Gasteiger partial charge in [-0.2, -0.15) is 0 Å². The molecule has 0 aliphatic carbocycles. The van der Waals surface area contributed by atoms with Gasteiger partial charge in [0.25, 0.3) is 0 Å². The first-order chi connectivity index (χ1) is 5.92. The molecule has 2 heterocycles. The maximum atomic E-state index is 9.17. The summed E-state index contributed by atoms with van der Waals surface area (Å²) in [6.45, 7) is 3.68. The average Bonchev–Trinajstić information content (AvgIpc) is 2.17. The van der Waals surface area contributed by atoms with E-state index >= 15 is 0 Å². The van der Waals surface area contributed by atoms with Gasteiger partial charge in [0.2, 0.25) is 0 Å². The molecule has 0 radical (unpaired) electrons. The largest absolute Gasteiger partial charge is 0.395 e. The number of aliphatic hydroxyl groups excluding tert-OH is 1. The molecule has 3 heteroatoms. The quantitative estimate of drug-likeness (QED) is 0.572. The van der Waals surface area contributed by atoms with Crippen LogP contribution in [-0.4, -0.2) is 48.3 Å². The van der Waals surface area contributed by atoms with E-state index in [2.05, 4.69) is 10.2 Å². The highest BCUT2D eigenvalue weighted by Gasteiger charge is 2.31. The molecule has 2 aliphatic heterocycles. The summed E-state index contributed by atoms with van der Waals surface area (Å²) < 4.78 is 0. The van der Waals surface area contributed by atoms with Crippen molar-refractivity contribution >= 4 is 0 Å². The molecular formula is C9H18N2O. The fourth-order valence-corrected chi connectivity index (χ4v) is 2.48. The number of aliphatic hydroxyl groups is 1. The van der Waals surface area contributed by atoms with Gasteiger partial charge in [0.1, 0.15) is 0 Å². The lowest BCUT2D eigenvalue weighted by Crippen LogP contribution is -2.58. The van der Waals surface area contributed by atoms with Gasteiger partial charge >= 0.3 is 0 Å². The van der Waals surface area contributed by atoms with Gasteiger partial charge in [0.05, 0.1) is 6.61 Å². The first-order valence-corrected chi connectivity index (χ1v) is 4.99. The lowest BCUT2D eigenvalue weighted by molar-refractivity contribution is 0.0300. The van der Waals surface area contributed by atoms with Crippen LogP contribution in [0.2, 0.25) is 0 Å². The third kappa shape index (κ3) is 1.49. The van der Waals surface area contributed by atoms with Crippen LogP contribution in [0.4, 0.5) is 0 Å². The van der Waals surface area contributed by atoms with Gasteiger partial charge in [0, 0.05) is 31.7 Å². The maximum absolute atomic E-state index is 9.17. The molecular weight excluding hydrogens is 152 g/mol. The summed E-state index contributed by atoms with van der Waals surface area (Å²) in [5.74, 6) is 0. The molecule has 0 bridgehead atoms. The summed E-state index contributed by atoms with van der Waals surface area (Å²) in [6, 6.07) is 1.15. The number of rotatable bonds is 1. The molecule has 0 aromatic rings. The van der Waals surface area contributed by atoms with Gasteiger partial charge in [0.15, 0.2) is 0 Å². The summed E-state index contributed by atoms with van der Waals surface area (Å²) in [5, 5.41) is 12.6. The Morgan fingerprint density at radius 3 is 3.17 bits per heavy atom. The second-order valence-electron chi connectivity index (χ2n) is 3.86. The lowest BCUT2D eigenvalue weighted by Gasteiger charge is -2.44. The fourth-order valence-electron chi connectivity index (χ4n) is 2.48. The SMILES string of the molecule is OC[C@@H]1CCC[C@H]2CNCCN12. The number of nitrogens with zero attached hydrogens (tertiary/aromatic N) is 1. The fraction of sp³-hybridized carbons (Fsp3) is 1.00. The number of hydrogen-bond donors (Lipinski definition) is 2. The lowest BCUT2D eigenvalue weighted by atomic mass is 9.94. The Bertz CT molecular complexity index is 143. The molecule has 0 saturated carbocycles. The van der Waals surface area contributed by atoms with Gasteiger partial charge in [-0.3, -0.25) is 4.90 Å². The van der Waals surface area contributed by atoms with Crippen LogP contribution in [0.25, 0.3) is 0 Å². The van der Waals surface area contributed by atoms with E-state index in [9.17, 15) is 0 Å².